The number of esters is 2. The number of aromatic nitrogens is 2. The molecule has 24 nitrogen and oxygen atoms in total. The highest BCUT2D eigenvalue weighted by atomic mass is 32.2. The molecule has 4 aliphatic heterocycles. The Kier molecular flexibility index (Phi) is 21.2. The number of likely N-dealkylation sites (N-methyl/N-ethyl adjacent to an activating group) is 2. The summed E-state index contributed by atoms with van der Waals surface area (Å²) >= 11 is 1.41. The number of carboxylic acids is 1. The molecule has 25 heteroatoms. The maximum Gasteiger partial charge on any atom is 0.341 e. The fourth-order valence-electron chi connectivity index (χ4n) is 12.0. The highest BCUT2D eigenvalue weighted by Gasteiger charge is 2.58. The van der Waals surface area contributed by atoms with Crippen LogP contribution in [-0.4, -0.2) is 233 Å². The Labute approximate surface area is 472 Å². The number of oxime groups is 1. The molecule has 450 valence electrons. The number of aliphatic hydroxyl groups is 4. The molecule has 0 unspecified atom stereocenters. The SMILES string of the molecule is CCN1CCO/N=C2\[C@H](C)C[C@@](C)(O)[C@H](O[C@@H]3O[C@H](CC1)C[C@H](N(C)C)[C@H]3O)[C@@H](C)[C@H](O[C@H]1C[C@@](C)(OC)[C@@H](OC(=O)CCNCCSc3cnc4c(c3)c(=O)c(C(=O)O)cn4N(C)C)[C@H](C)O1)[C@@H](C)C(=O)O[C@@H]1CC[C@]1(O)[C@@H]2O. The smallest absolute Gasteiger partial charge is 0.341 e. The summed E-state index contributed by atoms with van der Waals surface area (Å²) in [6.45, 7) is 15.1. The Balaban J connectivity index is 1.08. The number of carboxylic acid groups (broad SMARTS) is 1. The third kappa shape index (κ3) is 14.1. The lowest BCUT2D eigenvalue weighted by Crippen LogP contribution is -2.64. The number of nitrogens with zero attached hydrogens (tertiary/aromatic N) is 6. The third-order valence-electron chi connectivity index (χ3n) is 16.9. The van der Waals surface area contributed by atoms with Crippen molar-refractivity contribution in [2.75, 3.05) is 85.4 Å². The molecule has 0 radical (unpaired) electrons. The van der Waals surface area contributed by atoms with Crippen molar-refractivity contribution < 1.29 is 77.9 Å². The van der Waals surface area contributed by atoms with Gasteiger partial charge in [0.05, 0.1) is 53.5 Å². The molecule has 5 aliphatic rings. The van der Waals surface area contributed by atoms with E-state index in [-0.39, 0.29) is 74.1 Å². The second-order valence-electron chi connectivity index (χ2n) is 23.2. The van der Waals surface area contributed by atoms with Crippen LogP contribution in [0.3, 0.4) is 0 Å². The van der Waals surface area contributed by atoms with Crippen LogP contribution in [0.2, 0.25) is 0 Å². The van der Waals surface area contributed by atoms with E-state index < -0.39 is 113 Å². The summed E-state index contributed by atoms with van der Waals surface area (Å²) in [5.41, 5.74) is -5.51. The number of fused-ring (bicyclic) bond motifs is 8. The van der Waals surface area contributed by atoms with Crippen LogP contribution in [0.4, 0.5) is 0 Å². The molecular formula is C55H87N7O17S. The number of hydrogen-bond donors (Lipinski definition) is 6. The lowest BCUT2D eigenvalue weighted by atomic mass is 9.69. The highest BCUT2D eigenvalue weighted by molar-refractivity contribution is 7.99. The zero-order valence-corrected chi connectivity index (χ0v) is 49.3. The first-order chi connectivity index (χ1) is 37.7. The molecule has 0 amide bonds. The number of thioether (sulfide) groups is 1. The average molecular weight is 1150 g/mol. The van der Waals surface area contributed by atoms with Gasteiger partial charge in [0.1, 0.15) is 41.7 Å². The van der Waals surface area contributed by atoms with Crippen LogP contribution in [0.25, 0.3) is 11.0 Å². The minimum absolute atomic E-state index is 0.00642. The van der Waals surface area contributed by atoms with Crippen molar-refractivity contribution in [3.05, 3.63) is 34.2 Å². The van der Waals surface area contributed by atoms with E-state index in [1.54, 1.807) is 72.9 Å². The molecule has 2 aromatic heterocycles. The van der Waals surface area contributed by atoms with Gasteiger partial charge in [-0.1, -0.05) is 25.9 Å². The van der Waals surface area contributed by atoms with Crippen LogP contribution in [0.1, 0.15) is 104 Å². The second kappa shape index (κ2) is 26.7. The lowest BCUT2D eigenvalue weighted by Gasteiger charge is -2.49. The van der Waals surface area contributed by atoms with Crippen LogP contribution in [0, 0.1) is 17.8 Å². The number of aliphatic hydroxyl groups excluding tert-OH is 2. The first kappa shape index (κ1) is 63.5. The van der Waals surface area contributed by atoms with Crippen molar-refractivity contribution in [2.24, 2.45) is 22.9 Å². The molecule has 17 atom stereocenters. The maximum absolute atomic E-state index is 14.5. The summed E-state index contributed by atoms with van der Waals surface area (Å²) < 4.78 is 46.8. The average Bonchev–Trinajstić information content (AvgIpc) is 3.43. The zero-order chi connectivity index (χ0) is 58.6. The number of carbonyl (C=O) groups is 3. The van der Waals surface area contributed by atoms with E-state index in [4.69, 9.17) is 38.0 Å². The van der Waals surface area contributed by atoms with E-state index in [9.17, 15) is 44.7 Å². The molecule has 1 saturated carbocycles. The molecule has 0 spiro atoms. The lowest BCUT2D eigenvalue weighted by molar-refractivity contribution is -0.320. The van der Waals surface area contributed by atoms with Gasteiger partial charge in [0.25, 0.3) is 0 Å². The fourth-order valence-corrected chi connectivity index (χ4v) is 12.8. The monoisotopic (exact) mass is 1150 g/mol. The van der Waals surface area contributed by atoms with Crippen molar-refractivity contribution in [1.82, 2.24) is 24.8 Å². The molecule has 3 saturated heterocycles. The Bertz CT molecular complexity index is 2560. The van der Waals surface area contributed by atoms with E-state index in [1.165, 1.54) is 29.7 Å². The summed E-state index contributed by atoms with van der Waals surface area (Å²) in [6, 6.07) is 1.25. The minimum atomic E-state index is -1.92. The zero-order valence-electron chi connectivity index (χ0n) is 48.4. The van der Waals surface area contributed by atoms with Gasteiger partial charge in [0.15, 0.2) is 24.3 Å². The number of methoxy groups -OCH3 is 1. The Morgan fingerprint density at radius 3 is 2.39 bits per heavy atom. The van der Waals surface area contributed by atoms with E-state index in [1.807, 2.05) is 25.9 Å². The number of pyridine rings is 2. The minimum Gasteiger partial charge on any atom is -0.477 e. The fraction of sp³-hybridized carbons (Fsp3) is 0.782. The third-order valence-corrected chi connectivity index (χ3v) is 17.9. The first-order valence-corrected chi connectivity index (χ1v) is 29.0. The molecular weight excluding hydrogens is 1060 g/mol. The summed E-state index contributed by atoms with van der Waals surface area (Å²) in [4.78, 5) is 68.0. The number of ether oxygens (including phenoxy) is 7. The normalized spacial score (nSPS) is 37.5. The van der Waals surface area contributed by atoms with Gasteiger partial charge in [-0.2, -0.15) is 0 Å². The summed E-state index contributed by atoms with van der Waals surface area (Å²) in [5.74, 6) is -4.79. The molecule has 6 heterocycles. The maximum atomic E-state index is 14.5. The van der Waals surface area contributed by atoms with Gasteiger partial charge in [-0.15, -0.1) is 11.8 Å². The first-order valence-electron chi connectivity index (χ1n) is 28.0. The van der Waals surface area contributed by atoms with Crippen LogP contribution >= 0.6 is 11.8 Å². The second-order valence-corrected chi connectivity index (χ2v) is 24.4. The molecule has 0 aromatic carbocycles. The number of rotatable bonds is 15. The van der Waals surface area contributed by atoms with Crippen molar-refractivity contribution in [3.63, 3.8) is 0 Å². The van der Waals surface area contributed by atoms with Crippen molar-refractivity contribution in [1.29, 1.82) is 0 Å². The molecule has 7 rings (SSSR count). The molecule has 4 bridgehead atoms. The number of carbonyl (C=O) groups excluding carboxylic acids is 2. The molecule has 4 fully saturated rings. The van der Waals surface area contributed by atoms with E-state index in [0.29, 0.717) is 55.3 Å². The molecule has 6 N–H and O–H groups in total. The predicted molar refractivity (Wildman–Crippen MR) is 295 cm³/mol. The van der Waals surface area contributed by atoms with Gasteiger partial charge in [0.2, 0.25) is 5.43 Å². The number of aromatic carboxylic acids is 1. The quantitative estimate of drug-likeness (QED) is 0.0844. The Morgan fingerprint density at radius 1 is 1.00 bits per heavy atom. The molecule has 2 aromatic rings. The highest BCUT2D eigenvalue weighted by Crippen LogP contribution is 2.44. The van der Waals surface area contributed by atoms with Crippen molar-refractivity contribution in [2.45, 2.75) is 183 Å². The van der Waals surface area contributed by atoms with E-state index >= 15 is 0 Å². The van der Waals surface area contributed by atoms with E-state index in [0.717, 1.165) is 0 Å². The predicted octanol–water partition coefficient (Wildman–Crippen LogP) is 1.95. The van der Waals surface area contributed by atoms with Gasteiger partial charge in [-0.3, -0.25) is 14.4 Å². The van der Waals surface area contributed by atoms with Gasteiger partial charge < -0.3 is 83.7 Å². The van der Waals surface area contributed by atoms with Gasteiger partial charge in [-0.05, 0) is 86.5 Å². The van der Waals surface area contributed by atoms with Crippen LogP contribution in [0.5, 0.6) is 0 Å². The van der Waals surface area contributed by atoms with Gasteiger partial charge >= 0.3 is 17.9 Å². The van der Waals surface area contributed by atoms with Crippen LogP contribution in [0.15, 0.2) is 33.3 Å². The van der Waals surface area contributed by atoms with Gasteiger partial charge in [0, 0.05) is 94.7 Å². The Morgan fingerprint density at radius 2 is 1.74 bits per heavy atom. The van der Waals surface area contributed by atoms with Crippen LogP contribution < -0.4 is 15.8 Å². The number of nitrogens with one attached hydrogen (secondary N) is 1. The largest absolute Gasteiger partial charge is 0.477 e. The summed E-state index contributed by atoms with van der Waals surface area (Å²) in [5, 5.41) is 68.2. The van der Waals surface area contributed by atoms with Crippen molar-refractivity contribution >= 4 is 46.4 Å². The number of hydrogen-bond acceptors (Lipinski definition) is 23. The van der Waals surface area contributed by atoms with Crippen LogP contribution in [-0.2, 0) is 47.6 Å². The Hall–Kier alpha value is -4.09. The van der Waals surface area contributed by atoms with E-state index in [2.05, 4.69) is 20.4 Å². The van der Waals surface area contributed by atoms with Gasteiger partial charge in [-0.25, -0.2) is 14.5 Å². The standard InChI is InChI=1S/C55H87N7O17S/c1-13-61-20-16-34-24-38(59(8)9)44(65)52(75-34)79-47-31(3)45(32(4)51(69)76-39-14-17-55(39,71)46(66)42(58-73-22-21-61)30(2)26-53(47,6)70)78-41-27-54(7,72-12)48(33(5)74-41)77-40(63)15-18-56-19-23-80-35-25-36-43(64)37(50(67)68)29-62(60(10)11)49(36)57-28-35/h25,28-34,38-39,41,44-48,52,56,65-66,70-71H,13-24,26-27H2,1-12H3,(H,67,68)/b58-42+/t30-,31+,32-,33+,34-,38+,39-,41+,44-,45+,46-,47-,48+,52+,53-,54-,55-/m1/s1. The van der Waals surface area contributed by atoms with Crippen molar-refractivity contribution in [3.8, 4) is 0 Å². The molecule has 80 heavy (non-hydrogen) atoms. The summed E-state index contributed by atoms with van der Waals surface area (Å²) in [7, 11) is 8.69. The summed E-state index contributed by atoms with van der Waals surface area (Å²) in [6.07, 6.45) is -6.39. The topological polar surface area (TPSA) is 295 Å². The molecule has 1 aliphatic carbocycles.